The maximum Gasteiger partial charge on any atom is 0.272 e. The molecule has 2 aromatic rings. The number of rotatable bonds is 5. The molecule has 1 saturated heterocycles. The second kappa shape index (κ2) is 8.14. The van der Waals surface area contributed by atoms with Crippen molar-refractivity contribution < 1.29 is 9.53 Å². The van der Waals surface area contributed by atoms with Crippen LogP contribution in [0.1, 0.15) is 21.9 Å². The molecule has 26 heavy (non-hydrogen) atoms. The van der Waals surface area contributed by atoms with Crippen molar-refractivity contribution >= 4 is 11.7 Å². The Balaban J connectivity index is 1.72. The van der Waals surface area contributed by atoms with Gasteiger partial charge in [-0.1, -0.05) is 18.2 Å². The Bertz CT molecular complexity index is 772. The largest absolute Gasteiger partial charge is 0.496 e. The zero-order chi connectivity index (χ0) is 18.5. The summed E-state index contributed by atoms with van der Waals surface area (Å²) < 4.78 is 5.37. The van der Waals surface area contributed by atoms with Gasteiger partial charge in [-0.2, -0.15) is 0 Å². The summed E-state index contributed by atoms with van der Waals surface area (Å²) in [6.07, 6.45) is 0. The van der Waals surface area contributed by atoms with Crippen LogP contribution in [-0.2, 0) is 6.54 Å². The third-order valence-corrected chi connectivity index (χ3v) is 4.50. The number of hydrogen-bond acceptors (Lipinski definition) is 6. The van der Waals surface area contributed by atoms with Gasteiger partial charge in [0.2, 0.25) is 0 Å². The Kier molecular flexibility index (Phi) is 5.68. The van der Waals surface area contributed by atoms with Gasteiger partial charge in [0, 0.05) is 44.4 Å². The third-order valence-electron chi connectivity index (χ3n) is 4.50. The van der Waals surface area contributed by atoms with Gasteiger partial charge in [-0.3, -0.25) is 4.79 Å². The molecule has 0 atom stereocenters. The predicted octanol–water partition coefficient (Wildman–Crippen LogP) is 1.79. The molecule has 3 rings (SSSR count). The summed E-state index contributed by atoms with van der Waals surface area (Å²) in [4.78, 5) is 25.6. The maximum atomic E-state index is 12.8. The Morgan fingerprint density at radius 2 is 1.92 bits per heavy atom. The number of likely N-dealkylation sites (N-methyl/N-ethyl adjacent to an activating group) is 1. The quantitative estimate of drug-likeness (QED) is 0.882. The molecule has 1 aromatic heterocycles. The summed E-state index contributed by atoms with van der Waals surface area (Å²) >= 11 is 0. The highest BCUT2D eigenvalue weighted by Crippen LogP contribution is 2.19. The third kappa shape index (κ3) is 4.29. The van der Waals surface area contributed by atoms with E-state index >= 15 is 0 Å². The molecule has 0 radical (unpaired) electrons. The van der Waals surface area contributed by atoms with Gasteiger partial charge in [0.25, 0.3) is 5.91 Å². The molecule has 0 spiro atoms. The van der Waals surface area contributed by atoms with E-state index in [0.717, 1.165) is 37.5 Å². The minimum Gasteiger partial charge on any atom is -0.496 e. The molecule has 7 heteroatoms. The van der Waals surface area contributed by atoms with Gasteiger partial charge >= 0.3 is 0 Å². The van der Waals surface area contributed by atoms with Crippen LogP contribution in [0.5, 0.6) is 5.75 Å². The van der Waals surface area contributed by atoms with Crippen LogP contribution in [0.3, 0.4) is 0 Å². The van der Waals surface area contributed by atoms with Gasteiger partial charge in [-0.25, -0.2) is 9.97 Å². The van der Waals surface area contributed by atoms with Crippen molar-refractivity contribution in [2.45, 2.75) is 13.5 Å². The van der Waals surface area contributed by atoms with Crippen molar-refractivity contribution in [1.82, 2.24) is 19.8 Å². The van der Waals surface area contributed by atoms with Gasteiger partial charge in [0.15, 0.2) is 0 Å². The molecular weight excluding hydrogens is 330 g/mol. The summed E-state index contributed by atoms with van der Waals surface area (Å²) in [5.74, 6) is 2.00. The standard InChI is InChI=1S/C19H25N5O2/c1-14-21-16(19(25)24-10-8-23(2)9-11-24)12-18(22-14)20-13-15-6-4-5-7-17(15)26-3/h4-7,12H,8-11,13H2,1-3H3,(H,20,21,22). The number of nitrogens with one attached hydrogen (secondary N) is 1. The maximum absolute atomic E-state index is 12.8. The summed E-state index contributed by atoms with van der Waals surface area (Å²) in [5.41, 5.74) is 1.46. The molecule has 1 aliphatic rings. The highest BCUT2D eigenvalue weighted by molar-refractivity contribution is 5.93. The fourth-order valence-electron chi connectivity index (χ4n) is 2.97. The Morgan fingerprint density at radius 3 is 2.65 bits per heavy atom. The van der Waals surface area contributed by atoms with Gasteiger partial charge < -0.3 is 19.9 Å². The number of aryl methyl sites for hydroxylation is 1. The molecule has 1 fully saturated rings. The highest BCUT2D eigenvalue weighted by atomic mass is 16.5. The number of hydrogen-bond donors (Lipinski definition) is 1. The number of ether oxygens (including phenoxy) is 1. The van der Waals surface area contributed by atoms with Crippen LogP contribution in [0, 0.1) is 6.92 Å². The molecule has 0 saturated carbocycles. The van der Waals surface area contributed by atoms with Crippen molar-refractivity contribution in [3.8, 4) is 5.75 Å². The number of nitrogens with zero attached hydrogens (tertiary/aromatic N) is 4. The fourth-order valence-corrected chi connectivity index (χ4v) is 2.97. The molecule has 7 nitrogen and oxygen atoms in total. The average Bonchev–Trinajstić information content (AvgIpc) is 2.66. The van der Waals surface area contributed by atoms with Crippen LogP contribution in [0.15, 0.2) is 30.3 Å². The number of benzene rings is 1. The first-order valence-electron chi connectivity index (χ1n) is 8.76. The number of carbonyl (C=O) groups excluding carboxylic acids is 1. The molecule has 0 bridgehead atoms. The molecule has 1 N–H and O–H groups in total. The first-order valence-corrected chi connectivity index (χ1v) is 8.76. The van der Waals surface area contributed by atoms with Crippen molar-refractivity contribution in [3.63, 3.8) is 0 Å². The minimum atomic E-state index is -0.0380. The first kappa shape index (κ1) is 18.1. The molecule has 1 amide bonds. The van der Waals surface area contributed by atoms with E-state index in [4.69, 9.17) is 4.74 Å². The number of amides is 1. The topological polar surface area (TPSA) is 70.6 Å². The molecule has 2 heterocycles. The van der Waals surface area contributed by atoms with E-state index in [1.807, 2.05) is 29.2 Å². The smallest absolute Gasteiger partial charge is 0.272 e. The van der Waals surface area contributed by atoms with Gasteiger partial charge in [-0.05, 0) is 20.0 Å². The van der Waals surface area contributed by atoms with E-state index in [-0.39, 0.29) is 5.91 Å². The number of piperazine rings is 1. The highest BCUT2D eigenvalue weighted by Gasteiger charge is 2.22. The van der Waals surface area contributed by atoms with Crippen molar-refractivity contribution in [3.05, 3.63) is 47.4 Å². The van der Waals surface area contributed by atoms with E-state index in [2.05, 4.69) is 27.2 Å². The number of carbonyl (C=O) groups is 1. The molecule has 1 aromatic carbocycles. The summed E-state index contributed by atoms with van der Waals surface area (Å²) in [6.45, 7) is 5.58. The molecule has 0 unspecified atom stereocenters. The normalized spacial score (nSPS) is 15.0. The lowest BCUT2D eigenvalue weighted by molar-refractivity contribution is 0.0658. The molecule has 138 valence electrons. The zero-order valence-electron chi connectivity index (χ0n) is 15.5. The zero-order valence-corrected chi connectivity index (χ0v) is 15.5. The van der Waals surface area contributed by atoms with Crippen LogP contribution in [0.2, 0.25) is 0 Å². The molecule has 0 aliphatic carbocycles. The van der Waals surface area contributed by atoms with Crippen LogP contribution >= 0.6 is 0 Å². The summed E-state index contributed by atoms with van der Waals surface area (Å²) in [7, 11) is 3.72. The lowest BCUT2D eigenvalue weighted by atomic mass is 10.2. The number of para-hydroxylation sites is 1. The van der Waals surface area contributed by atoms with E-state index in [1.54, 1.807) is 20.1 Å². The van der Waals surface area contributed by atoms with Crippen LogP contribution in [0.4, 0.5) is 5.82 Å². The van der Waals surface area contributed by atoms with E-state index < -0.39 is 0 Å². The second-order valence-electron chi connectivity index (χ2n) is 6.45. The summed E-state index contributed by atoms with van der Waals surface area (Å²) in [6, 6.07) is 9.54. The molecular formula is C19H25N5O2. The lowest BCUT2D eigenvalue weighted by Crippen LogP contribution is -2.47. The fraction of sp³-hybridized carbons (Fsp3) is 0.421. The van der Waals surface area contributed by atoms with E-state index in [1.165, 1.54) is 0 Å². The monoisotopic (exact) mass is 355 g/mol. The van der Waals surface area contributed by atoms with E-state index in [0.29, 0.717) is 23.9 Å². The first-order chi connectivity index (χ1) is 12.6. The van der Waals surface area contributed by atoms with Gasteiger partial charge in [0.1, 0.15) is 23.1 Å². The average molecular weight is 355 g/mol. The number of anilines is 1. The van der Waals surface area contributed by atoms with Gasteiger partial charge in [-0.15, -0.1) is 0 Å². The van der Waals surface area contributed by atoms with Crippen molar-refractivity contribution in [2.75, 3.05) is 45.7 Å². The predicted molar refractivity (Wildman–Crippen MR) is 100 cm³/mol. The van der Waals surface area contributed by atoms with E-state index in [9.17, 15) is 4.79 Å². The second-order valence-corrected chi connectivity index (χ2v) is 6.45. The lowest BCUT2D eigenvalue weighted by Gasteiger charge is -2.32. The van der Waals surface area contributed by atoms with Gasteiger partial charge in [0.05, 0.1) is 7.11 Å². The SMILES string of the molecule is COc1ccccc1CNc1cc(C(=O)N2CCN(C)CC2)nc(C)n1. The van der Waals surface area contributed by atoms with Crippen LogP contribution in [-0.4, -0.2) is 66.0 Å². The van der Waals surface area contributed by atoms with Crippen LogP contribution < -0.4 is 10.1 Å². The Morgan fingerprint density at radius 1 is 1.19 bits per heavy atom. The Labute approximate surface area is 154 Å². The number of aromatic nitrogens is 2. The van der Waals surface area contributed by atoms with Crippen molar-refractivity contribution in [2.24, 2.45) is 0 Å². The van der Waals surface area contributed by atoms with Crippen LogP contribution in [0.25, 0.3) is 0 Å². The summed E-state index contributed by atoms with van der Waals surface area (Å²) in [5, 5.41) is 3.27. The minimum absolute atomic E-state index is 0.0380. The Hall–Kier alpha value is -2.67. The van der Waals surface area contributed by atoms with Crippen molar-refractivity contribution in [1.29, 1.82) is 0 Å². The molecule has 1 aliphatic heterocycles. The number of methoxy groups -OCH3 is 1.